The Bertz CT molecular complexity index is 1370. The Morgan fingerprint density at radius 3 is 2.70 bits per heavy atom. The zero-order valence-electron chi connectivity index (χ0n) is 21.9. The number of aryl methyl sites for hydroxylation is 1. The summed E-state index contributed by atoms with van der Waals surface area (Å²) in [6.07, 6.45) is 3.62. The third-order valence-corrected chi connectivity index (χ3v) is 6.26. The minimum absolute atomic E-state index is 0.0589. The number of benzene rings is 2. The summed E-state index contributed by atoms with van der Waals surface area (Å²) in [6.45, 7) is 3.98. The van der Waals surface area contributed by atoms with Gasteiger partial charge in [0.2, 0.25) is 5.95 Å². The minimum atomic E-state index is 0.0589. The molecule has 4 N–H and O–H groups in total. The van der Waals surface area contributed by atoms with Crippen LogP contribution in [0.25, 0.3) is 22.2 Å². The second-order valence-corrected chi connectivity index (χ2v) is 9.50. The van der Waals surface area contributed by atoms with Crippen molar-refractivity contribution in [3.8, 4) is 17.0 Å². The molecule has 4 aromatic rings. The Balaban J connectivity index is 1.63. The van der Waals surface area contributed by atoms with Crippen LogP contribution in [0.15, 0.2) is 48.8 Å². The minimum Gasteiger partial charge on any atom is -0.494 e. The van der Waals surface area contributed by atoms with Gasteiger partial charge < -0.3 is 35.3 Å². The predicted octanol–water partition coefficient (Wildman–Crippen LogP) is 5.00. The number of hydrogen-bond acceptors (Lipinski definition) is 8. The Labute approximate surface area is 222 Å². The monoisotopic (exact) mass is 523 g/mol. The van der Waals surface area contributed by atoms with E-state index in [1.165, 1.54) is 0 Å². The Morgan fingerprint density at radius 2 is 1.97 bits per heavy atom. The van der Waals surface area contributed by atoms with Crippen molar-refractivity contribution in [2.24, 2.45) is 7.05 Å². The Kier molecular flexibility index (Phi) is 8.38. The van der Waals surface area contributed by atoms with Crippen molar-refractivity contribution < 1.29 is 9.47 Å². The van der Waals surface area contributed by atoms with Gasteiger partial charge in [0.05, 0.1) is 53.7 Å². The quantitative estimate of drug-likeness (QED) is 0.236. The molecule has 0 bridgehead atoms. The number of likely N-dealkylation sites (N-methyl/N-ethyl adjacent to an activating group) is 1. The van der Waals surface area contributed by atoms with Crippen molar-refractivity contribution in [2.45, 2.75) is 13.0 Å². The lowest BCUT2D eigenvalue weighted by Crippen LogP contribution is -2.36. The molecule has 2 aromatic heterocycles. The van der Waals surface area contributed by atoms with Crippen molar-refractivity contribution in [2.75, 3.05) is 57.3 Å². The van der Waals surface area contributed by atoms with E-state index in [1.54, 1.807) is 13.3 Å². The molecule has 1 atom stereocenters. The predicted molar refractivity (Wildman–Crippen MR) is 152 cm³/mol. The van der Waals surface area contributed by atoms with Gasteiger partial charge in [-0.25, -0.2) is 9.97 Å². The molecule has 0 saturated carbocycles. The Hall–Kier alpha value is -3.53. The highest BCUT2D eigenvalue weighted by Crippen LogP contribution is 2.37. The van der Waals surface area contributed by atoms with Crippen LogP contribution in [0.4, 0.5) is 23.0 Å². The first-order valence-electron chi connectivity index (χ1n) is 12.1. The van der Waals surface area contributed by atoms with Gasteiger partial charge in [-0.3, -0.25) is 0 Å². The molecule has 0 saturated heterocycles. The lowest BCUT2D eigenvalue weighted by Gasteiger charge is -2.24. The van der Waals surface area contributed by atoms with Gasteiger partial charge in [-0.2, -0.15) is 0 Å². The average Bonchev–Trinajstić information content (AvgIpc) is 3.21. The number of anilines is 4. The highest BCUT2D eigenvalue weighted by molar-refractivity contribution is 6.33. The molecule has 0 radical (unpaired) electrons. The summed E-state index contributed by atoms with van der Waals surface area (Å²) < 4.78 is 13.4. The molecule has 0 aliphatic carbocycles. The van der Waals surface area contributed by atoms with Gasteiger partial charge in [0.1, 0.15) is 5.75 Å². The summed E-state index contributed by atoms with van der Waals surface area (Å²) in [7, 11) is 7.66. The Morgan fingerprint density at radius 1 is 1.19 bits per heavy atom. The number of hydrogen-bond donors (Lipinski definition) is 3. The zero-order valence-corrected chi connectivity index (χ0v) is 22.6. The summed E-state index contributed by atoms with van der Waals surface area (Å²) >= 11 is 6.54. The standard InChI is InChI=1S/C27H34ClN7O2/c1-6-37-16-17(14-34(2)3)31-22-12-25(36-5)23(11-21(22)29)32-27-30-13-20(28)26(33-27)19-15-35(4)24-10-8-7-9-18(19)24/h7-13,15,17,31H,6,14,16,29H2,1-5H3,(H,30,32,33)/t17-/m1/s1. The first-order valence-corrected chi connectivity index (χ1v) is 12.5. The van der Waals surface area contributed by atoms with Crippen LogP contribution in [-0.4, -0.2) is 66.4 Å². The number of para-hydroxylation sites is 1. The second kappa shape index (κ2) is 11.7. The fourth-order valence-corrected chi connectivity index (χ4v) is 4.51. The van der Waals surface area contributed by atoms with E-state index in [9.17, 15) is 0 Å². The van der Waals surface area contributed by atoms with Crippen molar-refractivity contribution in [1.29, 1.82) is 0 Å². The van der Waals surface area contributed by atoms with Gasteiger partial charge >= 0.3 is 0 Å². The van der Waals surface area contributed by atoms with Crippen LogP contribution in [0.5, 0.6) is 5.75 Å². The normalized spacial score (nSPS) is 12.2. The lowest BCUT2D eigenvalue weighted by molar-refractivity contribution is 0.129. The number of nitrogens with two attached hydrogens (primary N) is 1. The molecule has 2 aromatic carbocycles. The van der Waals surface area contributed by atoms with Crippen LogP contribution in [0, 0.1) is 0 Å². The van der Waals surface area contributed by atoms with E-state index in [-0.39, 0.29) is 6.04 Å². The summed E-state index contributed by atoms with van der Waals surface area (Å²) in [4.78, 5) is 11.2. The van der Waals surface area contributed by atoms with Crippen LogP contribution in [0.2, 0.25) is 5.02 Å². The van der Waals surface area contributed by atoms with Gasteiger partial charge in [0.25, 0.3) is 0 Å². The molecule has 10 heteroatoms. The molecule has 0 unspecified atom stereocenters. The van der Waals surface area contributed by atoms with Gasteiger partial charge in [-0.05, 0) is 33.2 Å². The fourth-order valence-electron chi connectivity index (χ4n) is 4.32. The fraction of sp³-hybridized carbons (Fsp3) is 0.333. The number of nitrogen functional groups attached to an aromatic ring is 1. The molecule has 4 rings (SSSR count). The summed E-state index contributed by atoms with van der Waals surface area (Å²) in [6, 6.07) is 11.9. The first-order chi connectivity index (χ1) is 17.8. The summed E-state index contributed by atoms with van der Waals surface area (Å²) in [5.74, 6) is 0.981. The van der Waals surface area contributed by atoms with Gasteiger partial charge in [0.15, 0.2) is 0 Å². The number of rotatable bonds is 11. The molecular weight excluding hydrogens is 490 g/mol. The van der Waals surface area contributed by atoms with E-state index in [0.717, 1.165) is 28.7 Å². The molecule has 0 amide bonds. The smallest absolute Gasteiger partial charge is 0.227 e. The van der Waals surface area contributed by atoms with Gasteiger partial charge in [0, 0.05) is 48.9 Å². The topological polar surface area (TPSA) is 102 Å². The summed E-state index contributed by atoms with van der Waals surface area (Å²) in [5.41, 5.74) is 11.1. The molecular formula is C27H34ClN7O2. The zero-order chi connectivity index (χ0) is 26.5. The van der Waals surface area contributed by atoms with Crippen LogP contribution in [0.3, 0.4) is 0 Å². The van der Waals surface area contributed by atoms with E-state index in [1.807, 2.05) is 58.5 Å². The van der Waals surface area contributed by atoms with E-state index in [0.29, 0.717) is 47.0 Å². The maximum absolute atomic E-state index is 6.54. The number of halogens is 1. The van der Waals surface area contributed by atoms with Crippen LogP contribution in [0.1, 0.15) is 6.92 Å². The van der Waals surface area contributed by atoms with Gasteiger partial charge in [-0.15, -0.1) is 0 Å². The SMILES string of the molecule is CCOC[C@@H](CN(C)C)Nc1cc(OC)c(Nc2ncc(Cl)c(-c3cn(C)c4ccccc34)n2)cc1N. The third-order valence-electron chi connectivity index (χ3n) is 5.98. The number of ether oxygens (including phenoxy) is 2. The maximum Gasteiger partial charge on any atom is 0.227 e. The summed E-state index contributed by atoms with van der Waals surface area (Å²) in [5, 5.41) is 8.27. The second-order valence-electron chi connectivity index (χ2n) is 9.09. The van der Waals surface area contributed by atoms with E-state index < -0.39 is 0 Å². The number of fused-ring (bicyclic) bond motifs is 1. The van der Waals surface area contributed by atoms with Crippen molar-refractivity contribution >= 4 is 45.5 Å². The van der Waals surface area contributed by atoms with E-state index in [2.05, 4.69) is 37.2 Å². The average molecular weight is 524 g/mol. The molecule has 0 aliphatic heterocycles. The van der Waals surface area contributed by atoms with E-state index >= 15 is 0 Å². The molecule has 0 fully saturated rings. The number of nitrogens with one attached hydrogen (secondary N) is 2. The number of nitrogens with zero attached hydrogens (tertiary/aromatic N) is 4. The molecule has 9 nitrogen and oxygen atoms in total. The van der Waals surface area contributed by atoms with Crippen molar-refractivity contribution in [1.82, 2.24) is 19.4 Å². The maximum atomic E-state index is 6.54. The molecule has 196 valence electrons. The highest BCUT2D eigenvalue weighted by Gasteiger charge is 2.17. The van der Waals surface area contributed by atoms with E-state index in [4.69, 9.17) is 31.8 Å². The number of methoxy groups -OCH3 is 1. The number of aromatic nitrogens is 3. The van der Waals surface area contributed by atoms with Crippen molar-refractivity contribution in [3.63, 3.8) is 0 Å². The van der Waals surface area contributed by atoms with Crippen molar-refractivity contribution in [3.05, 3.63) is 53.8 Å². The van der Waals surface area contributed by atoms with Gasteiger partial charge in [-0.1, -0.05) is 29.8 Å². The van der Waals surface area contributed by atoms with Crippen LogP contribution >= 0.6 is 11.6 Å². The highest BCUT2D eigenvalue weighted by atomic mass is 35.5. The lowest BCUT2D eigenvalue weighted by atomic mass is 10.1. The molecule has 2 heterocycles. The third kappa shape index (κ3) is 6.07. The largest absolute Gasteiger partial charge is 0.494 e. The van der Waals surface area contributed by atoms with Crippen LogP contribution < -0.4 is 21.1 Å². The molecule has 37 heavy (non-hydrogen) atoms. The molecule has 0 spiro atoms. The first kappa shape index (κ1) is 26.5. The molecule has 0 aliphatic rings. The van der Waals surface area contributed by atoms with Crippen LogP contribution in [-0.2, 0) is 11.8 Å².